The van der Waals surface area contributed by atoms with Crippen LogP contribution < -0.4 is 5.32 Å². The molecule has 0 aliphatic carbocycles. The molecule has 1 aliphatic rings. The van der Waals surface area contributed by atoms with E-state index in [9.17, 15) is 19.8 Å². The first-order valence-electron chi connectivity index (χ1n) is 14.3. The molecule has 38 heavy (non-hydrogen) atoms. The minimum atomic E-state index is -1.32. The maximum atomic E-state index is 12.5. The van der Waals surface area contributed by atoms with Crippen molar-refractivity contribution in [1.82, 2.24) is 10.2 Å². The van der Waals surface area contributed by atoms with Gasteiger partial charge in [-0.05, 0) is 18.9 Å². The zero-order valence-electron chi connectivity index (χ0n) is 23.2. The topological polar surface area (TPSA) is 108 Å². The van der Waals surface area contributed by atoms with Gasteiger partial charge < -0.3 is 25.0 Å². The molecule has 1 heterocycles. The molecule has 0 spiro atoms. The normalized spacial score (nSPS) is 17.7. The Kier molecular flexibility index (Phi) is 16.4. The summed E-state index contributed by atoms with van der Waals surface area (Å²) in [5.74, 6) is 0.333. The molecular formula is C29H48N2O6S. The maximum Gasteiger partial charge on any atom is 0.411 e. The van der Waals surface area contributed by atoms with Crippen LogP contribution in [0.4, 0.5) is 4.79 Å². The van der Waals surface area contributed by atoms with E-state index in [4.69, 9.17) is 9.47 Å². The summed E-state index contributed by atoms with van der Waals surface area (Å²) in [5, 5.41) is 23.2. The Morgan fingerprint density at radius 3 is 2.34 bits per heavy atom. The van der Waals surface area contributed by atoms with E-state index < -0.39 is 29.9 Å². The van der Waals surface area contributed by atoms with Crippen LogP contribution in [0.3, 0.4) is 0 Å². The van der Waals surface area contributed by atoms with Crippen molar-refractivity contribution in [3.05, 3.63) is 35.9 Å². The van der Waals surface area contributed by atoms with Gasteiger partial charge in [-0.25, -0.2) is 4.79 Å². The number of nitrogens with zero attached hydrogens (tertiary/aromatic N) is 1. The van der Waals surface area contributed by atoms with Crippen LogP contribution in [0.2, 0.25) is 0 Å². The summed E-state index contributed by atoms with van der Waals surface area (Å²) in [7, 11) is 0. The van der Waals surface area contributed by atoms with Crippen molar-refractivity contribution in [3.8, 4) is 0 Å². The molecule has 0 aromatic heterocycles. The summed E-state index contributed by atoms with van der Waals surface area (Å²) < 4.78 is 10.8. The molecule has 1 fully saturated rings. The van der Waals surface area contributed by atoms with Gasteiger partial charge in [0.1, 0.15) is 12.0 Å². The number of carbonyl (C=O) groups is 2. The predicted molar refractivity (Wildman–Crippen MR) is 152 cm³/mol. The van der Waals surface area contributed by atoms with Crippen LogP contribution in [0.25, 0.3) is 0 Å². The van der Waals surface area contributed by atoms with Gasteiger partial charge in [0.15, 0.2) is 6.29 Å². The fraction of sp³-hybridized carbons (Fsp3) is 0.724. The van der Waals surface area contributed by atoms with E-state index in [2.05, 4.69) is 12.2 Å². The van der Waals surface area contributed by atoms with E-state index in [-0.39, 0.29) is 25.5 Å². The number of aliphatic hydroxyl groups excluding tert-OH is 2. The summed E-state index contributed by atoms with van der Waals surface area (Å²) in [4.78, 5) is 26.2. The average Bonchev–Trinajstić information content (AvgIpc) is 3.30. The highest BCUT2D eigenvalue weighted by Gasteiger charge is 2.44. The lowest BCUT2D eigenvalue weighted by atomic mass is 10.1. The second kappa shape index (κ2) is 19.3. The molecule has 0 bridgehead atoms. The molecule has 2 rings (SSSR count). The average molecular weight is 553 g/mol. The third-order valence-corrected chi connectivity index (χ3v) is 8.00. The molecule has 216 valence electrons. The molecule has 2 amide bonds. The molecule has 0 saturated carbocycles. The second-order valence-corrected chi connectivity index (χ2v) is 11.2. The van der Waals surface area contributed by atoms with Gasteiger partial charge in [0, 0.05) is 18.7 Å². The number of rotatable bonds is 21. The lowest BCUT2D eigenvalue weighted by Crippen LogP contribution is -2.51. The van der Waals surface area contributed by atoms with Crippen molar-refractivity contribution >= 4 is 23.8 Å². The SMILES string of the molecule is CCCCCCCCCCCCNC(=O)CCSC([C@@H](O)OCc1ccccc1)N1C(=O)OCC1C(C)O. The zero-order chi connectivity index (χ0) is 27.6. The summed E-state index contributed by atoms with van der Waals surface area (Å²) in [6, 6.07) is 8.83. The number of thioether (sulfide) groups is 1. The van der Waals surface area contributed by atoms with E-state index in [0.29, 0.717) is 12.3 Å². The lowest BCUT2D eigenvalue weighted by Gasteiger charge is -2.34. The highest BCUT2D eigenvalue weighted by molar-refractivity contribution is 7.99. The number of hydrogen-bond acceptors (Lipinski definition) is 7. The minimum absolute atomic E-state index is 0.0400. The summed E-state index contributed by atoms with van der Waals surface area (Å²) in [6.45, 7) is 4.69. The third-order valence-electron chi connectivity index (χ3n) is 6.75. The fourth-order valence-electron chi connectivity index (χ4n) is 4.45. The molecule has 1 aromatic rings. The van der Waals surface area contributed by atoms with E-state index in [0.717, 1.165) is 18.4 Å². The molecule has 4 atom stereocenters. The molecule has 3 N–H and O–H groups in total. The summed E-state index contributed by atoms with van der Waals surface area (Å²) in [6.07, 6.45) is 10.0. The Bertz CT molecular complexity index is 782. The number of benzene rings is 1. The van der Waals surface area contributed by atoms with Gasteiger partial charge in [-0.15, -0.1) is 11.8 Å². The van der Waals surface area contributed by atoms with Gasteiger partial charge in [0.05, 0.1) is 18.8 Å². The first kappa shape index (κ1) is 32.4. The molecule has 0 radical (unpaired) electrons. The second-order valence-electron chi connectivity index (χ2n) is 10.0. The maximum absolute atomic E-state index is 12.5. The minimum Gasteiger partial charge on any atom is -0.447 e. The van der Waals surface area contributed by atoms with Gasteiger partial charge in [0.25, 0.3) is 0 Å². The molecular weight excluding hydrogens is 504 g/mol. The molecule has 8 nitrogen and oxygen atoms in total. The smallest absolute Gasteiger partial charge is 0.411 e. The van der Waals surface area contributed by atoms with Gasteiger partial charge in [-0.3, -0.25) is 9.69 Å². The first-order chi connectivity index (χ1) is 18.4. The van der Waals surface area contributed by atoms with Crippen LogP contribution in [0.15, 0.2) is 30.3 Å². The highest BCUT2D eigenvalue weighted by Crippen LogP contribution is 2.29. The van der Waals surface area contributed by atoms with Crippen LogP contribution in [0.1, 0.15) is 90.0 Å². The predicted octanol–water partition coefficient (Wildman–Crippen LogP) is 5.21. The number of nitrogens with one attached hydrogen (secondary N) is 1. The number of aliphatic hydroxyl groups is 2. The van der Waals surface area contributed by atoms with E-state index >= 15 is 0 Å². The van der Waals surface area contributed by atoms with Gasteiger partial charge in [-0.2, -0.15) is 0 Å². The number of carbonyl (C=O) groups excluding carboxylic acids is 2. The lowest BCUT2D eigenvalue weighted by molar-refractivity contribution is -0.129. The molecule has 9 heteroatoms. The van der Waals surface area contributed by atoms with Crippen molar-refractivity contribution in [2.45, 2.75) is 115 Å². The number of ether oxygens (including phenoxy) is 2. The Hall–Kier alpha value is -1.81. The van der Waals surface area contributed by atoms with Crippen LogP contribution in [-0.2, 0) is 20.9 Å². The van der Waals surface area contributed by atoms with Crippen LogP contribution in [0, 0.1) is 0 Å². The first-order valence-corrected chi connectivity index (χ1v) is 15.3. The van der Waals surface area contributed by atoms with Crippen molar-refractivity contribution in [2.75, 3.05) is 18.9 Å². The largest absolute Gasteiger partial charge is 0.447 e. The van der Waals surface area contributed by atoms with E-state index in [1.165, 1.54) is 68.0 Å². The van der Waals surface area contributed by atoms with Crippen molar-refractivity contribution in [3.63, 3.8) is 0 Å². The molecule has 1 aromatic carbocycles. The van der Waals surface area contributed by atoms with Crippen molar-refractivity contribution < 1.29 is 29.3 Å². The summed E-state index contributed by atoms with van der Waals surface area (Å²) >= 11 is 1.25. The standard InChI is InChI=1S/C29H48N2O6S/c1-3-4-5-6-7-8-9-10-11-15-19-30-26(33)18-20-38-27(31-25(23(2)32)22-37-29(31)35)28(34)36-21-24-16-13-12-14-17-24/h12-14,16-17,23,25,27-28,32,34H,3-11,15,18-22H2,1-2H3,(H,30,33)/t23?,25?,27?,28-/m0/s1. The van der Waals surface area contributed by atoms with Crippen LogP contribution in [-0.4, -0.2) is 69.8 Å². The summed E-state index contributed by atoms with van der Waals surface area (Å²) in [5.41, 5.74) is 0.887. The fourth-order valence-corrected chi connectivity index (χ4v) is 5.64. The van der Waals surface area contributed by atoms with E-state index in [1.54, 1.807) is 6.92 Å². The molecule has 1 aliphatic heterocycles. The highest BCUT2D eigenvalue weighted by atomic mass is 32.2. The number of unbranched alkanes of at least 4 members (excludes halogenated alkanes) is 9. The Morgan fingerprint density at radius 1 is 1.08 bits per heavy atom. The molecule has 1 saturated heterocycles. The quantitative estimate of drug-likeness (QED) is 0.142. The van der Waals surface area contributed by atoms with Gasteiger partial charge in [-0.1, -0.05) is 95.0 Å². The van der Waals surface area contributed by atoms with Crippen molar-refractivity contribution in [2.24, 2.45) is 0 Å². The number of cyclic esters (lactones) is 1. The Labute approximate surface area is 232 Å². The van der Waals surface area contributed by atoms with E-state index in [1.807, 2.05) is 30.3 Å². The van der Waals surface area contributed by atoms with Crippen LogP contribution in [0.5, 0.6) is 0 Å². The van der Waals surface area contributed by atoms with Gasteiger partial charge in [0.2, 0.25) is 5.91 Å². The molecule has 3 unspecified atom stereocenters. The zero-order valence-corrected chi connectivity index (χ0v) is 24.0. The van der Waals surface area contributed by atoms with Crippen LogP contribution >= 0.6 is 11.8 Å². The Morgan fingerprint density at radius 2 is 1.71 bits per heavy atom. The number of hydrogen-bond donors (Lipinski definition) is 3. The monoisotopic (exact) mass is 552 g/mol. The third kappa shape index (κ3) is 12.4. The Balaban J connectivity index is 1.72. The number of amides is 2. The van der Waals surface area contributed by atoms with Gasteiger partial charge >= 0.3 is 6.09 Å². The van der Waals surface area contributed by atoms with Crippen molar-refractivity contribution in [1.29, 1.82) is 0 Å².